The van der Waals surface area contributed by atoms with Gasteiger partial charge < -0.3 is 14.2 Å². The average Bonchev–Trinajstić information content (AvgIpc) is 3.10. The van der Waals surface area contributed by atoms with E-state index in [4.69, 9.17) is 25.8 Å². The molecule has 0 fully saturated rings. The van der Waals surface area contributed by atoms with E-state index < -0.39 is 17.7 Å². The zero-order chi connectivity index (χ0) is 20.7. The zero-order valence-electron chi connectivity index (χ0n) is 15.7. The van der Waals surface area contributed by atoms with Crippen LogP contribution in [-0.2, 0) is 14.3 Å². The van der Waals surface area contributed by atoms with E-state index in [2.05, 4.69) is 0 Å². The van der Waals surface area contributed by atoms with Crippen LogP contribution < -0.4 is 14.4 Å². The summed E-state index contributed by atoms with van der Waals surface area (Å²) in [7, 11) is 3.05. The van der Waals surface area contributed by atoms with Gasteiger partial charge in [0.05, 0.1) is 36.2 Å². The predicted molar refractivity (Wildman–Crippen MR) is 104 cm³/mol. The summed E-state index contributed by atoms with van der Waals surface area (Å²) in [5, 5.41) is -0.107. The molecule has 0 aliphatic carbocycles. The molecule has 2 aromatic rings. The van der Waals surface area contributed by atoms with Crippen molar-refractivity contribution < 1.29 is 28.2 Å². The van der Waals surface area contributed by atoms with E-state index in [0.717, 1.165) is 5.56 Å². The molecular formula is C21H17ClFNO5. The number of halogens is 2. The number of anilines is 1. The Morgan fingerprint density at radius 2 is 1.86 bits per heavy atom. The third-order valence-corrected chi connectivity index (χ3v) is 5.38. The van der Waals surface area contributed by atoms with Crippen LogP contribution in [0.25, 0.3) is 0 Å². The molecule has 8 heteroatoms. The summed E-state index contributed by atoms with van der Waals surface area (Å²) in [6.07, 6.45) is 0.0401. The lowest BCUT2D eigenvalue weighted by Gasteiger charge is -2.32. The molecule has 2 aliphatic rings. The Morgan fingerprint density at radius 3 is 2.55 bits per heavy atom. The maximum absolute atomic E-state index is 13.6. The van der Waals surface area contributed by atoms with Crippen LogP contribution in [0.4, 0.5) is 10.1 Å². The topological polar surface area (TPSA) is 65.1 Å². The molecule has 150 valence electrons. The van der Waals surface area contributed by atoms with Crippen LogP contribution in [0.15, 0.2) is 47.7 Å². The van der Waals surface area contributed by atoms with E-state index >= 15 is 0 Å². The molecule has 0 aromatic heterocycles. The molecule has 4 rings (SSSR count). The fourth-order valence-electron chi connectivity index (χ4n) is 3.73. The number of rotatable bonds is 4. The highest BCUT2D eigenvalue weighted by Gasteiger charge is 2.43. The van der Waals surface area contributed by atoms with E-state index in [1.54, 1.807) is 18.2 Å². The van der Waals surface area contributed by atoms with E-state index in [9.17, 15) is 14.0 Å². The molecule has 2 aliphatic heterocycles. The lowest BCUT2D eigenvalue weighted by atomic mass is 9.84. The first-order chi connectivity index (χ1) is 13.9. The van der Waals surface area contributed by atoms with Crippen LogP contribution in [0.1, 0.15) is 17.9 Å². The third-order valence-electron chi connectivity index (χ3n) is 5.09. The number of amides is 1. The number of ether oxygens (including phenoxy) is 3. The van der Waals surface area contributed by atoms with Gasteiger partial charge in [-0.05, 0) is 35.9 Å². The highest BCUT2D eigenvalue weighted by molar-refractivity contribution is 6.31. The summed E-state index contributed by atoms with van der Waals surface area (Å²) in [4.78, 5) is 26.9. The minimum atomic E-state index is -0.587. The number of methoxy groups -OCH3 is 2. The number of hydrogen-bond acceptors (Lipinski definition) is 5. The minimum Gasteiger partial charge on any atom is -0.493 e. The second-order valence-electron chi connectivity index (χ2n) is 6.64. The van der Waals surface area contributed by atoms with Crippen molar-refractivity contribution in [2.45, 2.75) is 12.3 Å². The third kappa shape index (κ3) is 3.21. The van der Waals surface area contributed by atoms with Crippen LogP contribution in [0.5, 0.6) is 11.5 Å². The predicted octanol–water partition coefficient (Wildman–Crippen LogP) is 3.83. The number of hydrogen-bond donors (Lipinski definition) is 0. The number of cyclic esters (lactones) is 1. The van der Waals surface area contributed by atoms with Crippen molar-refractivity contribution in [1.29, 1.82) is 0 Å². The van der Waals surface area contributed by atoms with Gasteiger partial charge in [0.25, 0.3) is 0 Å². The summed E-state index contributed by atoms with van der Waals surface area (Å²) in [6.45, 7) is -0.0430. The molecular weight excluding hydrogens is 401 g/mol. The monoisotopic (exact) mass is 417 g/mol. The van der Waals surface area contributed by atoms with Crippen molar-refractivity contribution in [2.75, 3.05) is 25.7 Å². The van der Waals surface area contributed by atoms with Crippen LogP contribution in [-0.4, -0.2) is 32.7 Å². The van der Waals surface area contributed by atoms with Crippen molar-refractivity contribution in [3.05, 3.63) is 64.1 Å². The van der Waals surface area contributed by atoms with Crippen LogP contribution in [0.2, 0.25) is 5.02 Å². The molecule has 0 radical (unpaired) electrons. The minimum absolute atomic E-state index is 0.0401. The Hall–Kier alpha value is -3.06. The van der Waals surface area contributed by atoms with Gasteiger partial charge in [0.2, 0.25) is 5.91 Å². The molecule has 29 heavy (non-hydrogen) atoms. The van der Waals surface area contributed by atoms with Crippen molar-refractivity contribution in [1.82, 2.24) is 0 Å². The Bertz CT molecular complexity index is 1050. The normalized spacial score (nSPS) is 18.6. The fourth-order valence-corrected chi connectivity index (χ4v) is 3.91. The van der Waals surface area contributed by atoms with E-state index in [0.29, 0.717) is 28.5 Å². The standard InChI is InChI=1S/C21H17ClFNO5/c1-27-17-6-3-11(7-18(17)28-2)13-9-19(25)24(16-10-29-21(26)20(13)16)12-4-5-15(23)14(22)8-12/h3-8,13H,9-10H2,1-2H3. The van der Waals surface area contributed by atoms with Gasteiger partial charge in [0.1, 0.15) is 12.4 Å². The van der Waals surface area contributed by atoms with E-state index in [1.165, 1.54) is 37.3 Å². The highest BCUT2D eigenvalue weighted by Crippen LogP contribution is 2.44. The summed E-state index contributed by atoms with van der Waals surface area (Å²) in [5.74, 6) is -0.756. The smallest absolute Gasteiger partial charge is 0.336 e. The van der Waals surface area contributed by atoms with Crippen molar-refractivity contribution >= 4 is 29.2 Å². The Morgan fingerprint density at radius 1 is 1.10 bits per heavy atom. The molecule has 2 aromatic carbocycles. The molecule has 0 spiro atoms. The number of benzene rings is 2. The lowest BCUT2D eigenvalue weighted by Crippen LogP contribution is -2.37. The first-order valence-corrected chi connectivity index (χ1v) is 9.22. The van der Waals surface area contributed by atoms with Gasteiger partial charge in [0, 0.05) is 12.3 Å². The van der Waals surface area contributed by atoms with Crippen molar-refractivity contribution in [2.24, 2.45) is 0 Å². The van der Waals surface area contributed by atoms with Gasteiger partial charge in [0.15, 0.2) is 11.5 Å². The van der Waals surface area contributed by atoms with E-state index in [-0.39, 0.29) is 24.0 Å². The van der Waals surface area contributed by atoms with Gasteiger partial charge in [-0.2, -0.15) is 0 Å². The second-order valence-corrected chi connectivity index (χ2v) is 7.04. The highest BCUT2D eigenvalue weighted by atomic mass is 35.5. The molecule has 6 nitrogen and oxygen atoms in total. The van der Waals surface area contributed by atoms with Crippen LogP contribution in [0, 0.1) is 5.82 Å². The zero-order valence-corrected chi connectivity index (χ0v) is 16.5. The molecule has 0 saturated heterocycles. The molecule has 1 amide bonds. The number of nitrogens with zero attached hydrogens (tertiary/aromatic N) is 1. The Balaban J connectivity index is 1.81. The van der Waals surface area contributed by atoms with Gasteiger partial charge >= 0.3 is 5.97 Å². The summed E-state index contributed by atoms with van der Waals surface area (Å²) < 4.78 is 29.4. The summed E-state index contributed by atoms with van der Waals surface area (Å²) in [5.41, 5.74) is 1.96. The Labute approximate surface area is 171 Å². The molecule has 1 unspecified atom stereocenters. The maximum Gasteiger partial charge on any atom is 0.336 e. The lowest BCUT2D eigenvalue weighted by molar-refractivity contribution is -0.136. The fraction of sp³-hybridized carbons (Fsp3) is 0.238. The number of carbonyl (C=O) groups excluding carboxylic acids is 2. The van der Waals surface area contributed by atoms with Crippen molar-refractivity contribution in [3.8, 4) is 11.5 Å². The summed E-state index contributed by atoms with van der Waals surface area (Å²) >= 11 is 5.89. The van der Waals surface area contributed by atoms with Gasteiger partial charge in [-0.15, -0.1) is 0 Å². The summed E-state index contributed by atoms with van der Waals surface area (Å²) in [6, 6.07) is 9.26. The number of esters is 1. The second kappa shape index (κ2) is 7.40. The van der Waals surface area contributed by atoms with Gasteiger partial charge in [-0.1, -0.05) is 17.7 Å². The SMILES string of the molecule is COc1ccc(C2CC(=O)N(c3ccc(F)c(Cl)c3)C3=C2C(=O)OC3)cc1OC. The maximum atomic E-state index is 13.6. The van der Waals surface area contributed by atoms with Crippen LogP contribution >= 0.6 is 11.6 Å². The first kappa shape index (κ1) is 19.3. The first-order valence-electron chi connectivity index (χ1n) is 8.84. The van der Waals surface area contributed by atoms with Gasteiger partial charge in [-0.3, -0.25) is 9.69 Å². The molecule has 2 heterocycles. The van der Waals surface area contributed by atoms with Crippen LogP contribution in [0.3, 0.4) is 0 Å². The molecule has 0 N–H and O–H groups in total. The Kier molecular flexibility index (Phi) is 4.92. The van der Waals surface area contributed by atoms with E-state index in [1.807, 2.05) is 0 Å². The molecule has 1 atom stereocenters. The molecule has 0 saturated carbocycles. The van der Waals surface area contributed by atoms with Crippen molar-refractivity contribution in [3.63, 3.8) is 0 Å². The van der Waals surface area contributed by atoms with Gasteiger partial charge in [-0.25, -0.2) is 9.18 Å². The quantitative estimate of drug-likeness (QED) is 0.707. The number of carbonyl (C=O) groups is 2. The largest absolute Gasteiger partial charge is 0.493 e. The molecule has 0 bridgehead atoms. The average molecular weight is 418 g/mol.